The second-order valence-corrected chi connectivity index (χ2v) is 4.31. The van der Waals surface area contributed by atoms with Crippen LogP contribution in [0.3, 0.4) is 0 Å². The highest BCUT2D eigenvalue weighted by atomic mass is 19.4. The first kappa shape index (κ1) is 15.3. The highest BCUT2D eigenvalue weighted by molar-refractivity contribution is 5.60. The van der Waals surface area contributed by atoms with Crippen molar-refractivity contribution in [1.29, 1.82) is 0 Å². The number of halogens is 6. The maximum Gasteiger partial charge on any atom is 0.433 e. The molecule has 0 aliphatic carbocycles. The van der Waals surface area contributed by atoms with Crippen LogP contribution >= 0.6 is 0 Å². The summed E-state index contributed by atoms with van der Waals surface area (Å²) < 4.78 is 75.2. The topological polar surface area (TPSA) is 25.8 Å². The minimum atomic E-state index is -4.63. The molecule has 0 saturated carbocycles. The van der Waals surface area contributed by atoms with Gasteiger partial charge in [-0.2, -0.15) is 26.3 Å². The molecule has 2 aromatic rings. The number of rotatable bonds is 1. The predicted octanol–water partition coefficient (Wildman–Crippen LogP) is 4.49. The molecular weight excluding hydrogens is 298 g/mol. The van der Waals surface area contributed by atoms with Crippen molar-refractivity contribution in [2.75, 3.05) is 0 Å². The van der Waals surface area contributed by atoms with Crippen molar-refractivity contribution in [3.63, 3.8) is 0 Å². The average molecular weight is 306 g/mol. The van der Waals surface area contributed by atoms with Crippen molar-refractivity contribution in [3.05, 3.63) is 47.4 Å². The van der Waals surface area contributed by atoms with Crippen LogP contribution in [0.1, 0.15) is 17.0 Å². The van der Waals surface area contributed by atoms with Gasteiger partial charge in [0.15, 0.2) is 0 Å². The van der Waals surface area contributed by atoms with E-state index in [0.29, 0.717) is 6.20 Å². The van der Waals surface area contributed by atoms with Gasteiger partial charge in [-0.1, -0.05) is 0 Å². The molecule has 2 rings (SSSR count). The highest BCUT2D eigenvalue weighted by Crippen LogP contribution is 2.32. The van der Waals surface area contributed by atoms with Crippen molar-refractivity contribution in [2.45, 2.75) is 19.3 Å². The van der Waals surface area contributed by atoms with Crippen molar-refractivity contribution in [3.8, 4) is 11.3 Å². The van der Waals surface area contributed by atoms with E-state index in [-0.39, 0.29) is 17.0 Å². The van der Waals surface area contributed by atoms with Gasteiger partial charge >= 0.3 is 12.4 Å². The molecule has 112 valence electrons. The van der Waals surface area contributed by atoms with Crippen LogP contribution < -0.4 is 0 Å². The molecule has 0 aromatic carbocycles. The van der Waals surface area contributed by atoms with Crippen LogP contribution in [0.25, 0.3) is 11.3 Å². The minimum Gasteiger partial charge on any atom is -0.256 e. The lowest BCUT2D eigenvalue weighted by molar-refractivity contribution is -0.141. The van der Waals surface area contributed by atoms with Crippen molar-refractivity contribution < 1.29 is 26.3 Å². The van der Waals surface area contributed by atoms with Gasteiger partial charge in [0.25, 0.3) is 0 Å². The molecule has 0 radical (unpaired) electrons. The van der Waals surface area contributed by atoms with E-state index in [2.05, 4.69) is 9.97 Å². The highest BCUT2D eigenvalue weighted by Gasteiger charge is 2.33. The smallest absolute Gasteiger partial charge is 0.256 e. The molecule has 0 unspecified atom stereocenters. The molecule has 0 amide bonds. The molecule has 2 nitrogen and oxygen atoms in total. The van der Waals surface area contributed by atoms with E-state index >= 15 is 0 Å². The first-order valence-electron chi connectivity index (χ1n) is 5.67. The zero-order valence-electron chi connectivity index (χ0n) is 10.5. The molecule has 0 saturated heterocycles. The Balaban J connectivity index is 2.45. The summed E-state index contributed by atoms with van der Waals surface area (Å²) >= 11 is 0. The Morgan fingerprint density at radius 3 is 2.05 bits per heavy atom. The van der Waals surface area contributed by atoms with Crippen LogP contribution in [0, 0.1) is 6.92 Å². The summed E-state index contributed by atoms with van der Waals surface area (Å²) in [6.45, 7) is 1.36. The van der Waals surface area contributed by atoms with E-state index in [0.717, 1.165) is 18.2 Å². The van der Waals surface area contributed by atoms with E-state index < -0.39 is 23.6 Å². The van der Waals surface area contributed by atoms with Gasteiger partial charge in [-0.3, -0.25) is 4.98 Å². The number of nitrogens with zero attached hydrogens (tertiary/aromatic N) is 2. The van der Waals surface area contributed by atoms with E-state index in [9.17, 15) is 26.3 Å². The van der Waals surface area contributed by atoms with Gasteiger partial charge in [0.2, 0.25) is 0 Å². The molecule has 2 aromatic heterocycles. The van der Waals surface area contributed by atoms with Gasteiger partial charge in [-0.15, -0.1) is 0 Å². The molecule has 0 fully saturated rings. The fourth-order valence-electron chi connectivity index (χ4n) is 1.69. The SMILES string of the molecule is Cc1cc(-c2ccc(C(F)(F)F)cn2)cc(C(F)(F)F)n1. The van der Waals surface area contributed by atoms with Crippen LogP contribution in [-0.2, 0) is 12.4 Å². The second kappa shape index (κ2) is 5.01. The Morgan fingerprint density at radius 2 is 1.57 bits per heavy atom. The second-order valence-electron chi connectivity index (χ2n) is 4.31. The summed E-state index contributed by atoms with van der Waals surface area (Å²) in [6.07, 6.45) is -8.60. The number of pyridine rings is 2. The van der Waals surface area contributed by atoms with Crippen molar-refractivity contribution in [1.82, 2.24) is 9.97 Å². The summed E-state index contributed by atoms with van der Waals surface area (Å²) in [5.41, 5.74) is -1.91. The summed E-state index contributed by atoms with van der Waals surface area (Å²) in [7, 11) is 0. The van der Waals surface area contributed by atoms with Gasteiger partial charge in [-0.25, -0.2) is 4.98 Å². The van der Waals surface area contributed by atoms with E-state index in [1.54, 1.807) is 0 Å². The van der Waals surface area contributed by atoms with Crippen LogP contribution in [0.5, 0.6) is 0 Å². The first-order valence-corrected chi connectivity index (χ1v) is 5.67. The van der Waals surface area contributed by atoms with E-state index in [4.69, 9.17) is 0 Å². The van der Waals surface area contributed by atoms with Crippen LogP contribution in [-0.4, -0.2) is 9.97 Å². The van der Waals surface area contributed by atoms with Crippen LogP contribution in [0.2, 0.25) is 0 Å². The first-order chi connectivity index (χ1) is 9.57. The molecule has 0 atom stereocenters. The van der Waals surface area contributed by atoms with Gasteiger partial charge < -0.3 is 0 Å². The zero-order chi connectivity index (χ0) is 15.8. The third-order valence-corrected chi connectivity index (χ3v) is 2.63. The van der Waals surface area contributed by atoms with Crippen LogP contribution in [0.4, 0.5) is 26.3 Å². The quantitative estimate of drug-likeness (QED) is 0.725. The molecule has 0 aliphatic heterocycles. The Labute approximate surface area is 115 Å². The Kier molecular flexibility index (Phi) is 3.65. The van der Waals surface area contributed by atoms with Gasteiger partial charge in [0, 0.05) is 17.5 Å². The number of alkyl halides is 6. The third-order valence-electron chi connectivity index (χ3n) is 2.63. The maximum atomic E-state index is 12.7. The molecule has 0 aliphatic rings. The lowest BCUT2D eigenvalue weighted by Gasteiger charge is -2.10. The monoisotopic (exact) mass is 306 g/mol. The predicted molar refractivity (Wildman–Crippen MR) is 62.2 cm³/mol. The third kappa shape index (κ3) is 3.50. The van der Waals surface area contributed by atoms with Crippen molar-refractivity contribution in [2.24, 2.45) is 0 Å². The van der Waals surface area contributed by atoms with Gasteiger partial charge in [0.1, 0.15) is 5.69 Å². The molecule has 21 heavy (non-hydrogen) atoms. The summed E-state index contributed by atoms with van der Waals surface area (Å²) in [5, 5.41) is 0. The molecule has 2 heterocycles. The van der Waals surface area contributed by atoms with Crippen LogP contribution in [0.15, 0.2) is 30.5 Å². The summed E-state index contributed by atoms with van der Waals surface area (Å²) in [6, 6.07) is 3.87. The standard InChI is InChI=1S/C13H8F6N2/c1-7-4-8(5-11(21-7)13(17,18)19)10-3-2-9(6-20-10)12(14,15)16/h2-6H,1H3. The summed E-state index contributed by atoms with van der Waals surface area (Å²) in [4.78, 5) is 6.92. The number of aromatic nitrogens is 2. The lowest BCUT2D eigenvalue weighted by atomic mass is 10.1. The zero-order valence-corrected chi connectivity index (χ0v) is 10.5. The number of hydrogen-bond donors (Lipinski definition) is 0. The maximum absolute atomic E-state index is 12.7. The largest absolute Gasteiger partial charge is 0.433 e. The summed E-state index contributed by atoms with van der Waals surface area (Å²) in [5.74, 6) is 0. The fraction of sp³-hybridized carbons (Fsp3) is 0.231. The number of hydrogen-bond acceptors (Lipinski definition) is 2. The Hall–Kier alpha value is -2.12. The average Bonchev–Trinajstić information content (AvgIpc) is 2.36. The molecule has 0 bridgehead atoms. The fourth-order valence-corrected chi connectivity index (χ4v) is 1.69. The van der Waals surface area contributed by atoms with E-state index in [1.165, 1.54) is 13.0 Å². The molecule has 8 heteroatoms. The lowest BCUT2D eigenvalue weighted by Crippen LogP contribution is -2.09. The minimum absolute atomic E-state index is 0.0130. The van der Waals surface area contributed by atoms with Gasteiger partial charge in [0.05, 0.1) is 11.3 Å². The van der Waals surface area contributed by atoms with Crippen molar-refractivity contribution >= 4 is 0 Å². The Morgan fingerprint density at radius 1 is 0.905 bits per heavy atom. The molecule has 0 N–H and O–H groups in total. The molecule has 0 spiro atoms. The van der Waals surface area contributed by atoms with Gasteiger partial charge in [-0.05, 0) is 31.2 Å². The normalized spacial score (nSPS) is 12.5. The molecular formula is C13H8F6N2. The Bertz CT molecular complexity index is 643. The van der Waals surface area contributed by atoms with E-state index in [1.807, 2.05) is 0 Å². The number of aryl methyl sites for hydroxylation is 1.